The van der Waals surface area contributed by atoms with E-state index >= 15 is 0 Å². The number of rotatable bonds is 7. The largest absolute Gasteiger partial charge is 0.393 e. The molecule has 4 rings (SSSR count). The average Bonchev–Trinajstić information content (AvgIpc) is 3.26. The van der Waals surface area contributed by atoms with Crippen molar-refractivity contribution in [2.24, 2.45) is 0 Å². The first kappa shape index (κ1) is 23.6. The highest BCUT2D eigenvalue weighted by molar-refractivity contribution is 5.77. The monoisotopic (exact) mass is 449 g/mol. The summed E-state index contributed by atoms with van der Waals surface area (Å²) >= 11 is 0. The summed E-state index contributed by atoms with van der Waals surface area (Å²) in [4.78, 5) is 15.5. The van der Waals surface area contributed by atoms with E-state index in [0.29, 0.717) is 19.3 Å². The van der Waals surface area contributed by atoms with Crippen molar-refractivity contribution in [1.82, 2.24) is 25.1 Å². The first-order chi connectivity index (χ1) is 15.5. The number of carbonyl (C=O) groups excluding carboxylic acids is 1. The second-order valence-corrected chi connectivity index (χ2v) is 10.1. The molecule has 0 aliphatic heterocycles. The fourth-order valence-electron chi connectivity index (χ4n) is 5.87. The number of carbonyl (C=O) groups is 1. The maximum Gasteiger partial charge on any atom is 0.223 e. The van der Waals surface area contributed by atoms with Crippen molar-refractivity contribution in [3.63, 3.8) is 0 Å². The van der Waals surface area contributed by atoms with Gasteiger partial charge in [0.05, 0.1) is 24.4 Å². The molecule has 0 aromatic carbocycles. The molecule has 0 saturated heterocycles. The van der Waals surface area contributed by atoms with Crippen LogP contribution in [0, 0.1) is 0 Å². The Morgan fingerprint density at radius 3 is 1.84 bits per heavy atom. The molecule has 0 bridgehead atoms. The third-order valence-electron chi connectivity index (χ3n) is 7.77. The van der Waals surface area contributed by atoms with Crippen molar-refractivity contribution in [3.05, 3.63) is 5.82 Å². The van der Waals surface area contributed by atoms with Crippen LogP contribution < -0.4 is 0 Å². The first-order valence-electron chi connectivity index (χ1n) is 12.6. The van der Waals surface area contributed by atoms with Crippen LogP contribution in [0.1, 0.15) is 102 Å². The van der Waals surface area contributed by atoms with Gasteiger partial charge < -0.3 is 20.2 Å². The van der Waals surface area contributed by atoms with Gasteiger partial charge in [-0.25, -0.2) is 4.68 Å². The maximum atomic E-state index is 13.4. The second kappa shape index (κ2) is 11.0. The summed E-state index contributed by atoms with van der Waals surface area (Å²) in [5.41, 5.74) is 0. The highest BCUT2D eigenvalue weighted by Gasteiger charge is 2.35. The number of hydrogen-bond donors (Lipinski definition) is 3. The van der Waals surface area contributed by atoms with Gasteiger partial charge in [-0.2, -0.15) is 0 Å². The fraction of sp³-hybridized carbons (Fsp3) is 0.913. The Morgan fingerprint density at radius 1 is 0.812 bits per heavy atom. The Hall–Kier alpha value is -1.58. The average molecular weight is 450 g/mol. The van der Waals surface area contributed by atoms with Gasteiger partial charge in [-0.15, -0.1) is 5.10 Å². The van der Waals surface area contributed by atoms with Crippen LogP contribution >= 0.6 is 0 Å². The minimum atomic E-state index is -0.240. The van der Waals surface area contributed by atoms with Crippen LogP contribution in [0.25, 0.3) is 0 Å². The van der Waals surface area contributed by atoms with E-state index in [1.165, 1.54) is 0 Å². The molecule has 1 heterocycles. The SMILES string of the molecule is O=C(CCCc1nnnn1C1CCC(O)CC1)N(C1CCC(O)CC1)C1CCC(O)CC1. The zero-order valence-electron chi connectivity index (χ0n) is 19.1. The Kier molecular flexibility index (Phi) is 8.12. The lowest BCUT2D eigenvalue weighted by Gasteiger charge is -2.43. The number of aliphatic hydroxyl groups is 3. The lowest BCUT2D eigenvalue weighted by atomic mass is 9.86. The van der Waals surface area contributed by atoms with Crippen molar-refractivity contribution in [2.75, 3.05) is 0 Å². The third kappa shape index (κ3) is 5.85. The predicted molar refractivity (Wildman–Crippen MR) is 118 cm³/mol. The van der Waals surface area contributed by atoms with Crippen LogP contribution in [0.2, 0.25) is 0 Å². The number of aliphatic hydroxyl groups excluding tert-OH is 3. The molecule has 9 heteroatoms. The lowest BCUT2D eigenvalue weighted by Crippen LogP contribution is -2.50. The molecule has 3 fully saturated rings. The van der Waals surface area contributed by atoms with E-state index in [0.717, 1.165) is 82.9 Å². The molecule has 3 N–H and O–H groups in total. The van der Waals surface area contributed by atoms with Crippen molar-refractivity contribution in [3.8, 4) is 0 Å². The Labute approximate surface area is 190 Å². The molecule has 0 radical (unpaired) electrons. The minimum absolute atomic E-state index is 0.188. The smallest absolute Gasteiger partial charge is 0.223 e. The number of aromatic nitrogens is 4. The van der Waals surface area contributed by atoms with E-state index in [1.807, 2.05) is 4.68 Å². The summed E-state index contributed by atoms with van der Waals surface area (Å²) in [6.07, 6.45) is 10.9. The summed E-state index contributed by atoms with van der Waals surface area (Å²) in [7, 11) is 0. The van der Waals surface area contributed by atoms with Crippen LogP contribution in [-0.4, -0.2) is 76.7 Å². The molecule has 0 spiro atoms. The van der Waals surface area contributed by atoms with Crippen molar-refractivity contribution in [2.45, 2.75) is 133 Å². The maximum absolute atomic E-state index is 13.4. The molecule has 9 nitrogen and oxygen atoms in total. The van der Waals surface area contributed by atoms with Crippen LogP contribution in [0.5, 0.6) is 0 Å². The zero-order chi connectivity index (χ0) is 22.5. The number of hydrogen-bond acceptors (Lipinski definition) is 7. The van der Waals surface area contributed by atoms with Crippen molar-refractivity contribution >= 4 is 5.91 Å². The highest BCUT2D eigenvalue weighted by atomic mass is 16.3. The number of amides is 1. The van der Waals surface area contributed by atoms with Crippen LogP contribution in [0.4, 0.5) is 0 Å². The molecule has 0 atom stereocenters. The van der Waals surface area contributed by atoms with Gasteiger partial charge in [-0.3, -0.25) is 4.79 Å². The number of tetrazole rings is 1. The predicted octanol–water partition coefficient (Wildman–Crippen LogP) is 1.91. The van der Waals surface area contributed by atoms with Gasteiger partial charge in [0.15, 0.2) is 5.82 Å². The van der Waals surface area contributed by atoms with Gasteiger partial charge in [0.25, 0.3) is 0 Å². The van der Waals surface area contributed by atoms with E-state index in [-0.39, 0.29) is 42.3 Å². The van der Waals surface area contributed by atoms with Gasteiger partial charge in [0.1, 0.15) is 0 Å². The highest BCUT2D eigenvalue weighted by Crippen LogP contribution is 2.32. The Balaban J connectivity index is 1.34. The van der Waals surface area contributed by atoms with Gasteiger partial charge in [-0.05, 0) is 93.9 Å². The molecular formula is C23H39N5O4. The Morgan fingerprint density at radius 2 is 1.31 bits per heavy atom. The molecule has 3 aliphatic carbocycles. The van der Waals surface area contributed by atoms with Crippen LogP contribution in [0.3, 0.4) is 0 Å². The van der Waals surface area contributed by atoms with E-state index < -0.39 is 0 Å². The van der Waals surface area contributed by atoms with Crippen molar-refractivity contribution < 1.29 is 20.1 Å². The standard InChI is InChI=1S/C23H39N5O4/c29-19-10-4-16(5-11-19)27(17-6-12-20(30)13-7-17)23(32)3-1-2-22-24-25-26-28(22)18-8-14-21(31)15-9-18/h16-21,29-31H,1-15H2. The molecule has 3 saturated carbocycles. The van der Waals surface area contributed by atoms with Gasteiger partial charge in [0, 0.05) is 24.9 Å². The van der Waals surface area contributed by atoms with Crippen LogP contribution in [-0.2, 0) is 11.2 Å². The number of aryl methyl sites for hydroxylation is 1. The van der Waals surface area contributed by atoms with E-state index in [9.17, 15) is 20.1 Å². The summed E-state index contributed by atoms with van der Waals surface area (Å²) in [5.74, 6) is 1.01. The van der Waals surface area contributed by atoms with E-state index in [2.05, 4.69) is 20.4 Å². The van der Waals surface area contributed by atoms with Gasteiger partial charge >= 0.3 is 0 Å². The van der Waals surface area contributed by atoms with Crippen LogP contribution in [0.15, 0.2) is 0 Å². The zero-order valence-corrected chi connectivity index (χ0v) is 19.1. The molecular weight excluding hydrogens is 410 g/mol. The molecule has 32 heavy (non-hydrogen) atoms. The molecule has 0 unspecified atom stereocenters. The molecule has 1 aromatic heterocycles. The second-order valence-electron chi connectivity index (χ2n) is 10.1. The van der Waals surface area contributed by atoms with Gasteiger partial charge in [0.2, 0.25) is 5.91 Å². The quantitative estimate of drug-likeness (QED) is 0.581. The van der Waals surface area contributed by atoms with Crippen molar-refractivity contribution in [1.29, 1.82) is 0 Å². The fourth-order valence-corrected chi connectivity index (χ4v) is 5.87. The summed E-state index contributed by atoms with van der Waals surface area (Å²) < 4.78 is 1.90. The summed E-state index contributed by atoms with van der Waals surface area (Å²) in [5, 5.41) is 41.9. The Bertz CT molecular complexity index is 698. The lowest BCUT2D eigenvalue weighted by molar-refractivity contribution is -0.139. The number of nitrogens with zero attached hydrogens (tertiary/aromatic N) is 5. The first-order valence-corrected chi connectivity index (χ1v) is 12.6. The minimum Gasteiger partial charge on any atom is -0.393 e. The van der Waals surface area contributed by atoms with E-state index in [1.54, 1.807) is 0 Å². The topological polar surface area (TPSA) is 125 Å². The normalized spacial score (nSPS) is 33.7. The molecule has 1 aromatic rings. The summed E-state index contributed by atoms with van der Waals surface area (Å²) in [6.45, 7) is 0. The summed E-state index contributed by atoms with van der Waals surface area (Å²) in [6, 6.07) is 0.633. The third-order valence-corrected chi connectivity index (χ3v) is 7.77. The molecule has 3 aliphatic rings. The van der Waals surface area contributed by atoms with Gasteiger partial charge in [-0.1, -0.05) is 0 Å². The van der Waals surface area contributed by atoms with E-state index in [4.69, 9.17) is 0 Å². The molecule has 180 valence electrons. The molecule has 1 amide bonds.